The van der Waals surface area contributed by atoms with Crippen molar-refractivity contribution in [2.24, 2.45) is 0 Å². The maximum atomic E-state index is 11.1. The summed E-state index contributed by atoms with van der Waals surface area (Å²) in [7, 11) is 0. The third-order valence-corrected chi connectivity index (χ3v) is 1.76. The highest BCUT2D eigenvalue weighted by Gasteiger charge is 2.32. The summed E-state index contributed by atoms with van der Waals surface area (Å²) in [6, 6.07) is 6.06. The van der Waals surface area contributed by atoms with Crippen LogP contribution in [0.1, 0.15) is 20.7 Å². The molecule has 0 saturated heterocycles. The molecule has 0 unspecified atom stereocenters. The lowest BCUT2D eigenvalue weighted by Gasteiger charge is -2.11. The molecule has 1 heterocycles. The van der Waals surface area contributed by atoms with Crippen LogP contribution in [0, 0.1) is 0 Å². The Balaban J connectivity index is 2.67. The van der Waals surface area contributed by atoms with Crippen molar-refractivity contribution in [3.05, 3.63) is 35.4 Å². The standard InChI is InChI=1S/C9H4O4/c10-7-5-3-1-2-4-6(5)8(11)13-9(7)12/h1-4H. The quantitative estimate of drug-likeness (QED) is 0.329. The molecule has 0 N–H and O–H groups in total. The lowest BCUT2D eigenvalue weighted by Crippen LogP contribution is -2.29. The monoisotopic (exact) mass is 176 g/mol. The van der Waals surface area contributed by atoms with Crippen molar-refractivity contribution in [2.45, 2.75) is 0 Å². The summed E-state index contributed by atoms with van der Waals surface area (Å²) in [6.07, 6.45) is 0. The molecule has 1 aliphatic rings. The van der Waals surface area contributed by atoms with Gasteiger partial charge in [0.15, 0.2) is 0 Å². The number of carbonyl (C=O) groups excluding carboxylic acids is 3. The van der Waals surface area contributed by atoms with Crippen LogP contribution in [-0.4, -0.2) is 17.7 Å². The summed E-state index contributed by atoms with van der Waals surface area (Å²) in [5.74, 6) is -2.64. The molecule has 1 aromatic rings. The molecule has 1 aliphatic heterocycles. The summed E-state index contributed by atoms with van der Waals surface area (Å²) >= 11 is 0. The average Bonchev–Trinajstić information content (AvgIpc) is 2.15. The number of ether oxygens (including phenoxy) is 1. The Bertz CT molecular complexity index is 419. The Kier molecular flexibility index (Phi) is 1.48. The van der Waals surface area contributed by atoms with Gasteiger partial charge in [0.25, 0.3) is 5.78 Å². The van der Waals surface area contributed by atoms with Gasteiger partial charge in [0.2, 0.25) is 0 Å². The first kappa shape index (κ1) is 7.67. The second-order valence-corrected chi connectivity index (χ2v) is 2.55. The number of cyclic esters (lactones) is 2. The maximum absolute atomic E-state index is 11.1. The van der Waals surface area contributed by atoms with Crippen molar-refractivity contribution in [3.8, 4) is 0 Å². The molecule has 2 rings (SSSR count). The van der Waals surface area contributed by atoms with Crippen LogP contribution in [0.5, 0.6) is 0 Å². The van der Waals surface area contributed by atoms with Gasteiger partial charge in [-0.1, -0.05) is 12.1 Å². The van der Waals surface area contributed by atoms with Gasteiger partial charge in [0.05, 0.1) is 5.56 Å². The van der Waals surface area contributed by atoms with Crippen molar-refractivity contribution in [2.75, 3.05) is 0 Å². The van der Waals surface area contributed by atoms with E-state index in [1.807, 2.05) is 0 Å². The lowest BCUT2D eigenvalue weighted by atomic mass is 10.0. The minimum Gasteiger partial charge on any atom is -0.383 e. The zero-order valence-corrected chi connectivity index (χ0v) is 6.44. The summed E-state index contributed by atoms with van der Waals surface area (Å²) < 4.78 is 4.20. The number of ketones is 1. The van der Waals surface area contributed by atoms with Gasteiger partial charge in [-0.05, 0) is 12.1 Å². The molecule has 4 heteroatoms. The predicted molar refractivity (Wildman–Crippen MR) is 41.2 cm³/mol. The number of fused-ring (bicyclic) bond motifs is 1. The van der Waals surface area contributed by atoms with E-state index in [2.05, 4.69) is 4.74 Å². The van der Waals surface area contributed by atoms with Crippen LogP contribution in [0.25, 0.3) is 0 Å². The van der Waals surface area contributed by atoms with Crippen LogP contribution in [0.3, 0.4) is 0 Å². The van der Waals surface area contributed by atoms with Gasteiger partial charge in [-0.3, -0.25) is 4.79 Å². The maximum Gasteiger partial charge on any atom is 0.387 e. The summed E-state index contributed by atoms with van der Waals surface area (Å²) in [5.41, 5.74) is 0.260. The van der Waals surface area contributed by atoms with E-state index in [0.717, 1.165) is 0 Å². The van der Waals surface area contributed by atoms with Crippen LogP contribution in [0.2, 0.25) is 0 Å². The van der Waals surface area contributed by atoms with Crippen LogP contribution >= 0.6 is 0 Å². The molecule has 64 valence electrons. The molecule has 0 saturated carbocycles. The Morgan fingerprint density at radius 3 is 2.15 bits per heavy atom. The molecule has 0 radical (unpaired) electrons. The second kappa shape index (κ2) is 2.52. The summed E-state index contributed by atoms with van der Waals surface area (Å²) in [4.78, 5) is 33.0. The first-order chi connectivity index (χ1) is 6.20. The van der Waals surface area contributed by atoms with Crippen molar-refractivity contribution in [3.63, 3.8) is 0 Å². The Hall–Kier alpha value is -1.97. The number of Topliss-reactive ketones (excluding diaryl/α,β-unsaturated/α-hetero) is 1. The highest BCUT2D eigenvalue weighted by atomic mass is 16.6. The topological polar surface area (TPSA) is 60.4 Å². The second-order valence-electron chi connectivity index (χ2n) is 2.55. The number of rotatable bonds is 0. The molecular weight excluding hydrogens is 172 g/mol. The van der Waals surface area contributed by atoms with E-state index in [-0.39, 0.29) is 11.1 Å². The molecule has 0 aromatic heterocycles. The predicted octanol–water partition coefficient (Wildman–Crippen LogP) is 0.566. The SMILES string of the molecule is O=C1OC(=O)c2ccccc2C1=O. The smallest absolute Gasteiger partial charge is 0.383 e. The molecule has 0 spiro atoms. The zero-order chi connectivity index (χ0) is 9.42. The number of benzene rings is 1. The number of esters is 2. The van der Waals surface area contributed by atoms with Crippen LogP contribution < -0.4 is 0 Å². The van der Waals surface area contributed by atoms with Gasteiger partial charge in [0.1, 0.15) is 0 Å². The Labute approximate surface area is 73.1 Å². The summed E-state index contributed by atoms with van der Waals surface area (Å²) in [5, 5.41) is 0. The zero-order valence-electron chi connectivity index (χ0n) is 6.44. The minimum atomic E-state index is -1.11. The Morgan fingerprint density at radius 2 is 1.46 bits per heavy atom. The molecule has 0 amide bonds. The number of hydrogen-bond acceptors (Lipinski definition) is 4. The molecule has 0 atom stereocenters. The third kappa shape index (κ3) is 1.03. The Morgan fingerprint density at radius 1 is 0.846 bits per heavy atom. The molecule has 0 fully saturated rings. The van der Waals surface area contributed by atoms with E-state index in [1.54, 1.807) is 12.1 Å². The number of hydrogen-bond donors (Lipinski definition) is 0. The molecule has 13 heavy (non-hydrogen) atoms. The summed E-state index contributed by atoms with van der Waals surface area (Å²) in [6.45, 7) is 0. The van der Waals surface area contributed by atoms with Gasteiger partial charge < -0.3 is 4.74 Å². The van der Waals surface area contributed by atoms with Crippen molar-refractivity contribution < 1.29 is 19.1 Å². The van der Waals surface area contributed by atoms with E-state index < -0.39 is 17.7 Å². The first-order valence-corrected chi connectivity index (χ1v) is 3.60. The molecule has 1 aromatic carbocycles. The van der Waals surface area contributed by atoms with Gasteiger partial charge >= 0.3 is 11.9 Å². The van der Waals surface area contributed by atoms with Crippen LogP contribution in [0.4, 0.5) is 0 Å². The molecule has 0 aliphatic carbocycles. The number of carbonyl (C=O) groups is 3. The third-order valence-electron chi connectivity index (χ3n) is 1.76. The normalized spacial score (nSPS) is 15.2. The van der Waals surface area contributed by atoms with Crippen molar-refractivity contribution >= 4 is 17.7 Å². The van der Waals surface area contributed by atoms with E-state index in [1.165, 1.54) is 12.1 Å². The minimum absolute atomic E-state index is 0.115. The van der Waals surface area contributed by atoms with E-state index in [4.69, 9.17) is 0 Å². The fourth-order valence-electron chi connectivity index (χ4n) is 1.15. The fraction of sp³-hybridized carbons (Fsp3) is 0. The molecular formula is C9H4O4. The average molecular weight is 176 g/mol. The van der Waals surface area contributed by atoms with Gasteiger partial charge in [-0.15, -0.1) is 0 Å². The van der Waals surface area contributed by atoms with Gasteiger partial charge in [-0.25, -0.2) is 9.59 Å². The molecule has 4 nitrogen and oxygen atoms in total. The highest BCUT2D eigenvalue weighted by Crippen LogP contribution is 2.16. The molecule has 0 bridgehead atoms. The van der Waals surface area contributed by atoms with Crippen molar-refractivity contribution in [1.29, 1.82) is 0 Å². The van der Waals surface area contributed by atoms with Gasteiger partial charge in [-0.2, -0.15) is 0 Å². The van der Waals surface area contributed by atoms with Crippen LogP contribution in [-0.2, 0) is 9.53 Å². The van der Waals surface area contributed by atoms with E-state index >= 15 is 0 Å². The first-order valence-electron chi connectivity index (χ1n) is 3.60. The largest absolute Gasteiger partial charge is 0.387 e. The fourth-order valence-corrected chi connectivity index (χ4v) is 1.15. The highest BCUT2D eigenvalue weighted by molar-refractivity contribution is 6.45. The van der Waals surface area contributed by atoms with Gasteiger partial charge in [0, 0.05) is 5.56 Å². The van der Waals surface area contributed by atoms with E-state index in [0.29, 0.717) is 0 Å². The van der Waals surface area contributed by atoms with Crippen LogP contribution in [0.15, 0.2) is 24.3 Å². The van der Waals surface area contributed by atoms with E-state index in [9.17, 15) is 14.4 Å². The lowest BCUT2D eigenvalue weighted by molar-refractivity contribution is -0.133. The van der Waals surface area contributed by atoms with Crippen molar-refractivity contribution in [1.82, 2.24) is 0 Å².